The van der Waals surface area contributed by atoms with Crippen molar-refractivity contribution in [3.63, 3.8) is 0 Å². The third-order valence-electron chi connectivity index (χ3n) is 7.89. The fourth-order valence-electron chi connectivity index (χ4n) is 5.92. The van der Waals surface area contributed by atoms with Gasteiger partial charge in [-0.05, 0) is 55.2 Å². The van der Waals surface area contributed by atoms with Crippen LogP contribution < -0.4 is 10.2 Å². The van der Waals surface area contributed by atoms with E-state index in [0.29, 0.717) is 49.1 Å². The number of fused-ring (bicyclic) bond motifs is 3. The molecule has 1 N–H and O–H groups in total. The Kier molecular flexibility index (Phi) is 5.79. The van der Waals surface area contributed by atoms with Crippen LogP contribution in [0.4, 0.5) is 29.7 Å². The van der Waals surface area contributed by atoms with Crippen molar-refractivity contribution < 1.29 is 27.4 Å². The van der Waals surface area contributed by atoms with Gasteiger partial charge in [-0.2, -0.15) is 18.2 Å². The van der Waals surface area contributed by atoms with E-state index >= 15 is 0 Å². The average Bonchev–Trinajstić information content (AvgIpc) is 3.52. The normalized spacial score (nSPS) is 19.8. The van der Waals surface area contributed by atoms with Crippen molar-refractivity contribution in [2.45, 2.75) is 43.6 Å². The van der Waals surface area contributed by atoms with Gasteiger partial charge in [0.1, 0.15) is 11.9 Å². The summed E-state index contributed by atoms with van der Waals surface area (Å²) in [5.74, 6) is 0.687. The Balaban J connectivity index is 1.16. The van der Waals surface area contributed by atoms with Crippen molar-refractivity contribution in [3.05, 3.63) is 95.2 Å². The van der Waals surface area contributed by atoms with E-state index < -0.39 is 29.5 Å². The summed E-state index contributed by atoms with van der Waals surface area (Å²) in [6.45, 7) is 2.52. The molecule has 9 nitrogen and oxygen atoms in total. The minimum absolute atomic E-state index is 0.299. The molecule has 210 valence electrons. The highest BCUT2D eigenvalue weighted by Gasteiger charge is 2.60. The number of nitrogens with one attached hydrogen (secondary N) is 1. The van der Waals surface area contributed by atoms with Gasteiger partial charge in [-0.3, -0.25) is 0 Å². The maximum atomic E-state index is 13.2. The maximum Gasteiger partial charge on any atom is 0.417 e. The molecule has 2 aromatic heterocycles. The number of aromatic nitrogens is 4. The first kappa shape index (κ1) is 25.5. The molecule has 2 fully saturated rings. The summed E-state index contributed by atoms with van der Waals surface area (Å²) >= 11 is 0. The van der Waals surface area contributed by atoms with Crippen molar-refractivity contribution in [2.75, 3.05) is 23.4 Å². The van der Waals surface area contributed by atoms with Crippen molar-refractivity contribution in [2.24, 2.45) is 0 Å². The maximum absolute atomic E-state index is 13.2. The summed E-state index contributed by atoms with van der Waals surface area (Å²) in [4.78, 5) is 28.3. The largest absolute Gasteiger partial charge is 0.435 e. The number of anilines is 2. The lowest BCUT2D eigenvalue weighted by Gasteiger charge is -2.40. The predicted octanol–water partition coefficient (Wildman–Crippen LogP) is 5.42. The van der Waals surface area contributed by atoms with E-state index in [4.69, 9.17) is 9.47 Å². The van der Waals surface area contributed by atoms with E-state index in [2.05, 4.69) is 20.3 Å². The molecular weight excluding hydrogens is 537 g/mol. The van der Waals surface area contributed by atoms with Crippen LogP contribution >= 0.6 is 0 Å². The van der Waals surface area contributed by atoms with Gasteiger partial charge in [0.25, 0.3) is 0 Å². The lowest BCUT2D eigenvalue weighted by molar-refractivity contribution is -0.170. The van der Waals surface area contributed by atoms with Gasteiger partial charge in [0.15, 0.2) is 5.60 Å². The van der Waals surface area contributed by atoms with Crippen LogP contribution in [0.2, 0.25) is 0 Å². The second kappa shape index (κ2) is 9.30. The zero-order valence-corrected chi connectivity index (χ0v) is 21.9. The van der Waals surface area contributed by atoms with E-state index in [-0.39, 0.29) is 6.04 Å². The second-order valence-electron chi connectivity index (χ2n) is 10.5. The first-order valence-corrected chi connectivity index (χ1v) is 13.2. The summed E-state index contributed by atoms with van der Waals surface area (Å²) in [7, 11) is 0. The molecule has 4 aromatic rings. The molecular formula is C29H25F3N6O3. The molecule has 3 aliphatic rings. The number of hydrogen-bond acceptors (Lipinski definition) is 7. The molecule has 2 saturated heterocycles. The van der Waals surface area contributed by atoms with Crippen LogP contribution in [0.5, 0.6) is 0 Å². The highest BCUT2D eigenvalue weighted by molar-refractivity contribution is 5.91. The highest BCUT2D eigenvalue weighted by Crippen LogP contribution is 2.47. The van der Waals surface area contributed by atoms with Crippen LogP contribution in [-0.4, -0.2) is 44.4 Å². The molecule has 0 radical (unpaired) electrons. The molecule has 3 aliphatic heterocycles. The molecule has 12 heteroatoms. The summed E-state index contributed by atoms with van der Waals surface area (Å²) < 4.78 is 52.7. The number of carbonyl (C=O) groups excluding carboxylic acids is 1. The van der Waals surface area contributed by atoms with Gasteiger partial charge in [0.2, 0.25) is 5.95 Å². The van der Waals surface area contributed by atoms with Crippen molar-refractivity contribution in [1.82, 2.24) is 19.5 Å². The fourth-order valence-corrected chi connectivity index (χ4v) is 5.92. The van der Waals surface area contributed by atoms with Crippen molar-refractivity contribution in [1.29, 1.82) is 0 Å². The quantitative estimate of drug-likeness (QED) is 0.347. The third-order valence-corrected chi connectivity index (χ3v) is 7.89. The van der Waals surface area contributed by atoms with Crippen molar-refractivity contribution in [3.8, 4) is 5.69 Å². The fraction of sp³-hybridized carbons (Fsp3) is 0.310. The van der Waals surface area contributed by atoms with Gasteiger partial charge in [-0.1, -0.05) is 30.3 Å². The van der Waals surface area contributed by atoms with Gasteiger partial charge in [0.05, 0.1) is 36.8 Å². The predicted molar refractivity (Wildman–Crippen MR) is 142 cm³/mol. The lowest BCUT2D eigenvalue weighted by Crippen LogP contribution is -2.54. The van der Waals surface area contributed by atoms with Crippen LogP contribution in [0.1, 0.15) is 47.1 Å². The number of ether oxygens (including phenoxy) is 2. The first-order chi connectivity index (χ1) is 19.7. The van der Waals surface area contributed by atoms with Crippen LogP contribution in [0.25, 0.3) is 5.69 Å². The topological polar surface area (TPSA) is 94.4 Å². The number of benzene rings is 2. The number of halogens is 3. The lowest BCUT2D eigenvalue weighted by atomic mass is 9.86. The van der Waals surface area contributed by atoms with E-state index in [1.165, 1.54) is 12.1 Å². The number of carbonyl (C=O) groups is 1. The van der Waals surface area contributed by atoms with Crippen LogP contribution in [0.15, 0.2) is 67.1 Å². The Morgan fingerprint density at radius 2 is 1.88 bits per heavy atom. The molecule has 2 aromatic carbocycles. The Labute approximate surface area is 233 Å². The Bertz CT molecular complexity index is 1640. The zero-order chi connectivity index (χ0) is 28.4. The summed E-state index contributed by atoms with van der Waals surface area (Å²) in [5.41, 5.74) is 2.46. The smallest absolute Gasteiger partial charge is 0.417 e. The molecule has 2 atom stereocenters. The number of imidazole rings is 1. The number of hydrogen-bond donors (Lipinski definition) is 1. The first-order valence-electron chi connectivity index (χ1n) is 13.2. The number of rotatable bonds is 5. The van der Waals surface area contributed by atoms with Crippen LogP contribution in [-0.2, 0) is 28.5 Å². The van der Waals surface area contributed by atoms with Crippen molar-refractivity contribution >= 4 is 17.9 Å². The molecule has 1 unspecified atom stereocenters. The van der Waals surface area contributed by atoms with Gasteiger partial charge in [-0.25, -0.2) is 19.7 Å². The minimum atomic E-state index is -4.39. The Morgan fingerprint density at radius 1 is 1.07 bits per heavy atom. The molecule has 5 heterocycles. The third kappa shape index (κ3) is 4.21. The average molecular weight is 563 g/mol. The van der Waals surface area contributed by atoms with Gasteiger partial charge < -0.3 is 19.4 Å². The van der Waals surface area contributed by atoms with Crippen LogP contribution in [0.3, 0.4) is 0 Å². The SMILES string of the molecule is CC(Nc1nccc(N2C(=O)OC3(COC3)[C@@H]2c2ccccc2)n1)c1ncn2c1CCc1cc(C(F)(F)F)ccc1-2. The van der Waals surface area contributed by atoms with Crippen LogP contribution in [0, 0.1) is 0 Å². The summed E-state index contributed by atoms with van der Waals surface area (Å²) in [6, 6.07) is 14.4. The van der Waals surface area contributed by atoms with Gasteiger partial charge in [0, 0.05) is 17.6 Å². The summed E-state index contributed by atoms with van der Waals surface area (Å²) in [5, 5.41) is 3.28. The molecule has 1 spiro atoms. The standard InChI is InChI=1S/C29H25F3N6O3/c1-17(24-22-9-7-19-13-20(29(30,31)32)8-10-21(19)37(22)16-34-24)35-26-33-12-11-23(36-26)38-25(18-5-3-2-4-6-18)28(14-40-15-28)41-27(38)39/h2-6,8,10-13,16-17,25H,7,9,14-15H2,1H3,(H,33,35,36)/t17?,25-/m0/s1. The van der Waals surface area contributed by atoms with E-state index in [1.807, 2.05) is 41.8 Å². The molecule has 0 saturated carbocycles. The molecule has 41 heavy (non-hydrogen) atoms. The Hall–Kier alpha value is -4.45. The number of nitrogens with zero attached hydrogens (tertiary/aromatic N) is 5. The molecule has 7 rings (SSSR count). The zero-order valence-electron chi connectivity index (χ0n) is 21.9. The molecule has 0 aliphatic carbocycles. The monoisotopic (exact) mass is 562 g/mol. The van der Waals surface area contributed by atoms with E-state index in [0.717, 1.165) is 23.0 Å². The summed E-state index contributed by atoms with van der Waals surface area (Å²) in [6.07, 6.45) is -0.668. The number of amides is 1. The molecule has 0 bridgehead atoms. The number of aryl methyl sites for hydroxylation is 1. The highest BCUT2D eigenvalue weighted by atomic mass is 19.4. The minimum Gasteiger partial charge on any atom is -0.435 e. The van der Waals surface area contributed by atoms with Gasteiger partial charge >= 0.3 is 12.3 Å². The van der Waals surface area contributed by atoms with E-state index in [9.17, 15) is 18.0 Å². The van der Waals surface area contributed by atoms with Gasteiger partial charge in [-0.15, -0.1) is 0 Å². The Morgan fingerprint density at radius 3 is 2.61 bits per heavy atom. The number of alkyl halides is 3. The molecule has 1 amide bonds. The second-order valence-corrected chi connectivity index (χ2v) is 10.5. The van der Waals surface area contributed by atoms with E-state index in [1.54, 1.807) is 23.5 Å².